The minimum absolute atomic E-state index is 0.0355. The molecule has 4 heteroatoms. The van der Waals surface area contributed by atoms with Crippen LogP contribution in [0.4, 0.5) is 10.1 Å². The minimum Gasteiger partial charge on any atom is -0.494 e. The largest absolute Gasteiger partial charge is 0.494 e. The first kappa shape index (κ1) is 13.7. The third-order valence-electron chi connectivity index (χ3n) is 3.46. The van der Waals surface area contributed by atoms with Gasteiger partial charge < -0.3 is 14.8 Å². The third kappa shape index (κ3) is 3.27. The van der Waals surface area contributed by atoms with Crippen molar-refractivity contribution in [2.75, 3.05) is 18.5 Å². The summed E-state index contributed by atoms with van der Waals surface area (Å²) in [4.78, 5) is 0. The minimum atomic E-state index is -0.211. The molecule has 1 aliphatic heterocycles. The molecule has 0 aliphatic carbocycles. The summed E-state index contributed by atoms with van der Waals surface area (Å²) in [5.74, 6) is 1.44. The number of benzene rings is 2. The summed E-state index contributed by atoms with van der Waals surface area (Å²) in [6.45, 7) is 3.31. The van der Waals surface area contributed by atoms with Gasteiger partial charge in [-0.2, -0.15) is 0 Å². The smallest absolute Gasteiger partial charge is 0.123 e. The van der Waals surface area contributed by atoms with Gasteiger partial charge in [0, 0.05) is 17.7 Å². The van der Waals surface area contributed by atoms with Crippen LogP contribution in [-0.2, 0) is 6.42 Å². The van der Waals surface area contributed by atoms with Gasteiger partial charge in [-0.3, -0.25) is 0 Å². The van der Waals surface area contributed by atoms with Crippen molar-refractivity contribution in [1.29, 1.82) is 0 Å². The predicted molar refractivity (Wildman–Crippen MR) is 80.6 cm³/mol. The number of ether oxygens (including phenoxy) is 2. The highest BCUT2D eigenvalue weighted by Gasteiger charge is 2.22. The monoisotopic (exact) mass is 287 g/mol. The van der Waals surface area contributed by atoms with E-state index in [1.54, 1.807) is 12.1 Å². The fraction of sp³-hybridized carbons (Fsp3) is 0.294. The average Bonchev–Trinajstić information content (AvgIpc) is 2.89. The molecule has 110 valence electrons. The SMILES string of the molecule is CCOc1ccc(NCC2Cc3cc(F)ccc3O2)cc1. The van der Waals surface area contributed by atoms with E-state index >= 15 is 0 Å². The number of anilines is 1. The number of halogens is 1. The van der Waals surface area contributed by atoms with E-state index in [0.717, 1.165) is 29.2 Å². The lowest BCUT2D eigenvalue weighted by molar-refractivity contribution is 0.246. The van der Waals surface area contributed by atoms with Gasteiger partial charge in [-0.25, -0.2) is 4.39 Å². The van der Waals surface area contributed by atoms with E-state index in [1.165, 1.54) is 6.07 Å². The Morgan fingerprint density at radius 1 is 1.24 bits per heavy atom. The molecule has 0 saturated heterocycles. The van der Waals surface area contributed by atoms with Crippen LogP contribution >= 0.6 is 0 Å². The van der Waals surface area contributed by atoms with Crippen LogP contribution in [0.15, 0.2) is 42.5 Å². The Bertz CT molecular complexity index is 613. The van der Waals surface area contributed by atoms with Gasteiger partial charge in [0.1, 0.15) is 23.4 Å². The van der Waals surface area contributed by atoms with Crippen molar-refractivity contribution in [3.05, 3.63) is 53.8 Å². The fourth-order valence-electron chi connectivity index (χ4n) is 2.47. The number of nitrogens with one attached hydrogen (secondary N) is 1. The molecule has 2 aromatic carbocycles. The molecule has 21 heavy (non-hydrogen) atoms. The van der Waals surface area contributed by atoms with Crippen LogP contribution in [-0.4, -0.2) is 19.3 Å². The van der Waals surface area contributed by atoms with Gasteiger partial charge in [0.25, 0.3) is 0 Å². The highest BCUT2D eigenvalue weighted by molar-refractivity contribution is 5.47. The maximum absolute atomic E-state index is 13.2. The molecule has 0 amide bonds. The Morgan fingerprint density at radius 3 is 2.81 bits per heavy atom. The van der Waals surface area contributed by atoms with E-state index in [1.807, 2.05) is 31.2 Å². The highest BCUT2D eigenvalue weighted by Crippen LogP contribution is 2.29. The second kappa shape index (κ2) is 6.04. The van der Waals surface area contributed by atoms with Crippen molar-refractivity contribution in [3.8, 4) is 11.5 Å². The zero-order valence-electron chi connectivity index (χ0n) is 11.9. The summed E-state index contributed by atoms with van der Waals surface area (Å²) in [5.41, 5.74) is 1.96. The second-order valence-corrected chi connectivity index (χ2v) is 5.03. The predicted octanol–water partition coefficient (Wildman–Crippen LogP) is 3.64. The summed E-state index contributed by atoms with van der Waals surface area (Å²) >= 11 is 0. The van der Waals surface area contributed by atoms with Gasteiger partial charge in [0.2, 0.25) is 0 Å². The molecule has 1 unspecified atom stereocenters. The van der Waals surface area contributed by atoms with Crippen molar-refractivity contribution >= 4 is 5.69 Å². The van der Waals surface area contributed by atoms with Crippen LogP contribution in [0, 0.1) is 5.82 Å². The Morgan fingerprint density at radius 2 is 2.05 bits per heavy atom. The van der Waals surface area contributed by atoms with Crippen molar-refractivity contribution < 1.29 is 13.9 Å². The summed E-state index contributed by atoms with van der Waals surface area (Å²) in [7, 11) is 0. The lowest BCUT2D eigenvalue weighted by atomic mass is 10.1. The maximum atomic E-state index is 13.2. The molecule has 1 N–H and O–H groups in total. The van der Waals surface area contributed by atoms with E-state index in [0.29, 0.717) is 13.2 Å². The topological polar surface area (TPSA) is 30.5 Å². The number of hydrogen-bond donors (Lipinski definition) is 1. The van der Waals surface area contributed by atoms with Crippen molar-refractivity contribution in [3.63, 3.8) is 0 Å². The van der Waals surface area contributed by atoms with E-state index in [2.05, 4.69) is 5.32 Å². The Kier molecular flexibility index (Phi) is 3.95. The summed E-state index contributed by atoms with van der Waals surface area (Å²) in [6, 6.07) is 12.5. The summed E-state index contributed by atoms with van der Waals surface area (Å²) in [6.07, 6.45) is 0.769. The van der Waals surface area contributed by atoms with Crippen molar-refractivity contribution in [2.24, 2.45) is 0 Å². The molecular formula is C17H18FNO2. The molecule has 0 spiro atoms. The highest BCUT2D eigenvalue weighted by atomic mass is 19.1. The maximum Gasteiger partial charge on any atom is 0.123 e. The molecule has 0 aromatic heterocycles. The molecule has 1 heterocycles. The van der Waals surface area contributed by atoms with Gasteiger partial charge in [-0.15, -0.1) is 0 Å². The van der Waals surface area contributed by atoms with Crippen LogP contribution in [0.5, 0.6) is 11.5 Å². The molecule has 1 atom stereocenters. The van der Waals surface area contributed by atoms with E-state index < -0.39 is 0 Å². The van der Waals surface area contributed by atoms with Crippen LogP contribution in [0.2, 0.25) is 0 Å². The molecule has 0 bridgehead atoms. The van der Waals surface area contributed by atoms with Gasteiger partial charge >= 0.3 is 0 Å². The first-order valence-electron chi connectivity index (χ1n) is 7.16. The fourth-order valence-corrected chi connectivity index (χ4v) is 2.47. The van der Waals surface area contributed by atoms with Gasteiger partial charge in [0.05, 0.1) is 13.2 Å². The Balaban J connectivity index is 1.55. The summed E-state index contributed by atoms with van der Waals surface area (Å²) in [5, 5.41) is 3.33. The molecule has 0 saturated carbocycles. The van der Waals surface area contributed by atoms with Crippen LogP contribution in [0.3, 0.4) is 0 Å². The third-order valence-corrected chi connectivity index (χ3v) is 3.46. The van der Waals surface area contributed by atoms with Crippen LogP contribution in [0.25, 0.3) is 0 Å². The number of fused-ring (bicyclic) bond motifs is 1. The molecule has 3 rings (SSSR count). The van der Waals surface area contributed by atoms with E-state index in [4.69, 9.17) is 9.47 Å². The zero-order valence-corrected chi connectivity index (χ0v) is 11.9. The Labute approximate surface area is 123 Å². The average molecular weight is 287 g/mol. The van der Waals surface area contributed by atoms with Gasteiger partial charge in [0.15, 0.2) is 0 Å². The summed E-state index contributed by atoms with van der Waals surface area (Å²) < 4.78 is 24.4. The first-order valence-corrected chi connectivity index (χ1v) is 7.16. The molecule has 1 aliphatic rings. The number of rotatable bonds is 5. The van der Waals surface area contributed by atoms with E-state index in [-0.39, 0.29) is 11.9 Å². The Hall–Kier alpha value is -2.23. The molecular weight excluding hydrogens is 269 g/mol. The molecule has 3 nitrogen and oxygen atoms in total. The second-order valence-electron chi connectivity index (χ2n) is 5.03. The first-order chi connectivity index (χ1) is 10.2. The lowest BCUT2D eigenvalue weighted by Crippen LogP contribution is -2.23. The lowest BCUT2D eigenvalue weighted by Gasteiger charge is -2.13. The van der Waals surface area contributed by atoms with Gasteiger partial charge in [-0.1, -0.05) is 0 Å². The standard InChI is InChI=1S/C17H18FNO2/c1-2-20-15-6-4-14(5-7-15)19-11-16-10-12-9-13(18)3-8-17(12)21-16/h3-9,16,19H,2,10-11H2,1H3. The van der Waals surface area contributed by atoms with Gasteiger partial charge in [-0.05, 0) is 49.4 Å². The van der Waals surface area contributed by atoms with Crippen molar-refractivity contribution in [2.45, 2.75) is 19.4 Å². The van der Waals surface area contributed by atoms with Crippen LogP contribution in [0.1, 0.15) is 12.5 Å². The zero-order chi connectivity index (χ0) is 14.7. The van der Waals surface area contributed by atoms with Crippen molar-refractivity contribution in [1.82, 2.24) is 0 Å². The van der Waals surface area contributed by atoms with Crippen LogP contribution < -0.4 is 14.8 Å². The molecule has 2 aromatic rings. The quantitative estimate of drug-likeness (QED) is 0.910. The molecule has 0 fully saturated rings. The van der Waals surface area contributed by atoms with E-state index in [9.17, 15) is 4.39 Å². The molecule has 0 radical (unpaired) electrons. The normalized spacial score (nSPS) is 16.2. The number of hydrogen-bond acceptors (Lipinski definition) is 3.